The fraction of sp³-hybridized carbons (Fsp3) is 0.263. The van der Waals surface area contributed by atoms with Crippen molar-refractivity contribution in [3.8, 4) is 5.75 Å². The van der Waals surface area contributed by atoms with Crippen LogP contribution in [0.2, 0.25) is 0 Å². The minimum absolute atomic E-state index is 0.279. The van der Waals surface area contributed by atoms with Gasteiger partial charge in [-0.3, -0.25) is 9.59 Å². The number of carbonyl (C=O) groups is 2. The fourth-order valence-corrected chi connectivity index (χ4v) is 3.26. The summed E-state index contributed by atoms with van der Waals surface area (Å²) in [6.45, 7) is 1.80. The molecule has 7 heteroatoms. The van der Waals surface area contributed by atoms with E-state index in [1.165, 1.54) is 6.07 Å². The lowest BCUT2D eigenvalue weighted by atomic mass is 10.1. The van der Waals surface area contributed by atoms with Gasteiger partial charge < -0.3 is 19.9 Å². The molecule has 2 amide bonds. The molecule has 0 bridgehead atoms. The second kappa shape index (κ2) is 6.67. The molecule has 0 spiro atoms. The van der Waals surface area contributed by atoms with Crippen LogP contribution in [0.1, 0.15) is 0 Å². The van der Waals surface area contributed by atoms with E-state index in [-0.39, 0.29) is 11.7 Å². The van der Waals surface area contributed by atoms with E-state index in [9.17, 15) is 14.0 Å². The van der Waals surface area contributed by atoms with Gasteiger partial charge in [-0.15, -0.1) is 0 Å². The standard InChI is InChI=1S/C19H18FN3O3/c20-13-5-1-3-7-15(13)22-9-11-23(12-10-22)19(25)17-18(24)21-14-6-2-4-8-16(14)26-17/h1-8,17H,9-12H2,(H,21,24)/t17-/m0/s1. The highest BCUT2D eigenvalue weighted by molar-refractivity contribution is 6.11. The van der Waals surface area contributed by atoms with Crippen molar-refractivity contribution in [2.75, 3.05) is 36.4 Å². The number of fused-ring (bicyclic) bond motifs is 1. The van der Waals surface area contributed by atoms with Crippen molar-refractivity contribution < 1.29 is 18.7 Å². The number of nitrogens with zero attached hydrogens (tertiary/aromatic N) is 2. The van der Waals surface area contributed by atoms with Gasteiger partial charge in [0, 0.05) is 26.2 Å². The van der Waals surface area contributed by atoms with Crippen LogP contribution in [0.15, 0.2) is 48.5 Å². The van der Waals surface area contributed by atoms with Crippen molar-refractivity contribution in [3.63, 3.8) is 0 Å². The quantitative estimate of drug-likeness (QED) is 0.836. The van der Waals surface area contributed by atoms with Gasteiger partial charge in [0.25, 0.3) is 17.9 Å². The summed E-state index contributed by atoms with van der Waals surface area (Å²) < 4.78 is 19.5. The first kappa shape index (κ1) is 16.4. The van der Waals surface area contributed by atoms with Crippen LogP contribution >= 0.6 is 0 Å². The zero-order valence-electron chi connectivity index (χ0n) is 14.0. The van der Waals surface area contributed by atoms with Crippen molar-refractivity contribution in [2.24, 2.45) is 0 Å². The fourth-order valence-electron chi connectivity index (χ4n) is 3.26. The molecule has 2 aliphatic rings. The molecule has 0 unspecified atom stereocenters. The molecule has 0 aliphatic carbocycles. The van der Waals surface area contributed by atoms with E-state index in [1.807, 2.05) is 4.90 Å². The van der Waals surface area contributed by atoms with E-state index in [2.05, 4.69) is 5.32 Å². The number of hydrogen-bond acceptors (Lipinski definition) is 4. The summed E-state index contributed by atoms with van der Waals surface area (Å²) in [6.07, 6.45) is -1.19. The van der Waals surface area contributed by atoms with Crippen LogP contribution < -0.4 is 15.0 Å². The van der Waals surface area contributed by atoms with Crippen molar-refractivity contribution in [3.05, 3.63) is 54.3 Å². The van der Waals surface area contributed by atoms with Crippen molar-refractivity contribution >= 4 is 23.2 Å². The number of ether oxygens (including phenoxy) is 1. The first-order chi connectivity index (χ1) is 12.6. The summed E-state index contributed by atoms with van der Waals surface area (Å²) in [5.41, 5.74) is 1.09. The average Bonchev–Trinajstić information content (AvgIpc) is 2.67. The maximum Gasteiger partial charge on any atom is 0.275 e. The zero-order valence-corrected chi connectivity index (χ0v) is 14.0. The number of para-hydroxylation sites is 3. The molecule has 0 aromatic heterocycles. The molecule has 2 aliphatic heterocycles. The Balaban J connectivity index is 1.43. The summed E-state index contributed by atoms with van der Waals surface area (Å²) in [4.78, 5) is 28.5. The number of benzene rings is 2. The molecule has 0 radical (unpaired) electrons. The minimum atomic E-state index is -1.19. The Morgan fingerprint density at radius 3 is 2.50 bits per heavy atom. The number of halogens is 1. The van der Waals surface area contributed by atoms with Gasteiger partial charge in [-0.1, -0.05) is 24.3 Å². The second-order valence-electron chi connectivity index (χ2n) is 6.25. The molecule has 2 aromatic rings. The second-order valence-corrected chi connectivity index (χ2v) is 6.25. The molecular formula is C19H18FN3O3. The van der Waals surface area contributed by atoms with E-state index in [0.717, 1.165) is 0 Å². The maximum atomic E-state index is 13.9. The van der Waals surface area contributed by atoms with Crippen molar-refractivity contribution in [1.29, 1.82) is 0 Å². The number of hydrogen-bond donors (Lipinski definition) is 1. The highest BCUT2D eigenvalue weighted by atomic mass is 19.1. The maximum absolute atomic E-state index is 13.9. The predicted molar refractivity (Wildman–Crippen MR) is 94.7 cm³/mol. The number of carbonyl (C=O) groups excluding carboxylic acids is 2. The van der Waals surface area contributed by atoms with E-state index in [4.69, 9.17) is 4.74 Å². The highest BCUT2D eigenvalue weighted by Gasteiger charge is 2.37. The third-order valence-corrected chi connectivity index (χ3v) is 4.64. The van der Waals surface area contributed by atoms with Gasteiger partial charge in [0.1, 0.15) is 11.6 Å². The Labute approximate surface area is 150 Å². The Bertz CT molecular complexity index is 849. The summed E-state index contributed by atoms with van der Waals surface area (Å²) in [6, 6.07) is 13.6. The monoisotopic (exact) mass is 355 g/mol. The van der Waals surface area contributed by atoms with Crippen LogP contribution in [0.5, 0.6) is 5.75 Å². The van der Waals surface area contributed by atoms with Gasteiger partial charge in [-0.25, -0.2) is 4.39 Å². The number of piperazine rings is 1. The Morgan fingerprint density at radius 1 is 1.04 bits per heavy atom. The molecule has 0 saturated carbocycles. The number of amides is 2. The molecule has 1 atom stereocenters. The van der Waals surface area contributed by atoms with Crippen LogP contribution in [0.3, 0.4) is 0 Å². The van der Waals surface area contributed by atoms with Crippen molar-refractivity contribution in [1.82, 2.24) is 4.90 Å². The van der Waals surface area contributed by atoms with Gasteiger partial charge in [0.05, 0.1) is 11.4 Å². The molecular weight excluding hydrogens is 337 g/mol. The lowest BCUT2D eigenvalue weighted by molar-refractivity contribution is -0.145. The summed E-state index contributed by atoms with van der Waals surface area (Å²) in [5.74, 6) is -0.635. The van der Waals surface area contributed by atoms with E-state index in [0.29, 0.717) is 43.3 Å². The minimum Gasteiger partial charge on any atom is -0.468 e. The van der Waals surface area contributed by atoms with Crippen LogP contribution in [0.25, 0.3) is 0 Å². The third kappa shape index (κ3) is 2.96. The molecule has 2 aromatic carbocycles. The van der Waals surface area contributed by atoms with Crippen LogP contribution in [-0.2, 0) is 9.59 Å². The topological polar surface area (TPSA) is 61.9 Å². The molecule has 2 heterocycles. The molecule has 134 valence electrons. The molecule has 1 saturated heterocycles. The van der Waals surface area contributed by atoms with Crippen LogP contribution in [-0.4, -0.2) is 49.0 Å². The zero-order chi connectivity index (χ0) is 18.1. The lowest BCUT2D eigenvalue weighted by Gasteiger charge is -2.38. The Hall–Kier alpha value is -3.09. The van der Waals surface area contributed by atoms with Gasteiger partial charge in [0.2, 0.25) is 0 Å². The van der Waals surface area contributed by atoms with Gasteiger partial charge in [0.15, 0.2) is 0 Å². The largest absolute Gasteiger partial charge is 0.468 e. The average molecular weight is 355 g/mol. The number of nitrogens with one attached hydrogen (secondary N) is 1. The first-order valence-corrected chi connectivity index (χ1v) is 8.48. The lowest BCUT2D eigenvalue weighted by Crippen LogP contribution is -2.56. The smallest absolute Gasteiger partial charge is 0.275 e. The molecule has 6 nitrogen and oxygen atoms in total. The SMILES string of the molecule is O=C1Nc2ccccc2O[C@@H]1C(=O)N1CCN(c2ccccc2F)CC1. The molecule has 1 fully saturated rings. The first-order valence-electron chi connectivity index (χ1n) is 8.48. The van der Waals surface area contributed by atoms with Gasteiger partial charge >= 0.3 is 0 Å². The number of rotatable bonds is 2. The third-order valence-electron chi connectivity index (χ3n) is 4.64. The van der Waals surface area contributed by atoms with Gasteiger partial charge in [-0.05, 0) is 24.3 Å². The van der Waals surface area contributed by atoms with Crippen LogP contribution in [0.4, 0.5) is 15.8 Å². The normalized spacial score (nSPS) is 19.4. The van der Waals surface area contributed by atoms with Crippen LogP contribution in [0, 0.1) is 5.82 Å². The summed E-state index contributed by atoms with van der Waals surface area (Å²) in [7, 11) is 0. The van der Waals surface area contributed by atoms with E-state index >= 15 is 0 Å². The summed E-state index contributed by atoms with van der Waals surface area (Å²) >= 11 is 0. The van der Waals surface area contributed by atoms with E-state index in [1.54, 1.807) is 47.4 Å². The number of anilines is 2. The Kier molecular flexibility index (Phi) is 4.20. The molecule has 26 heavy (non-hydrogen) atoms. The molecule has 1 N–H and O–H groups in total. The highest BCUT2D eigenvalue weighted by Crippen LogP contribution is 2.29. The van der Waals surface area contributed by atoms with Crippen molar-refractivity contribution in [2.45, 2.75) is 6.10 Å². The predicted octanol–water partition coefficient (Wildman–Crippen LogP) is 1.87. The Morgan fingerprint density at radius 2 is 1.73 bits per heavy atom. The summed E-state index contributed by atoms with van der Waals surface area (Å²) in [5, 5.41) is 2.70. The van der Waals surface area contributed by atoms with Gasteiger partial charge in [-0.2, -0.15) is 0 Å². The van der Waals surface area contributed by atoms with E-state index < -0.39 is 12.0 Å². The molecule has 4 rings (SSSR count).